The van der Waals surface area contributed by atoms with Crippen LogP contribution in [0.2, 0.25) is 0 Å². The molecule has 0 aliphatic heterocycles. The summed E-state index contributed by atoms with van der Waals surface area (Å²) in [7, 11) is 0. The fourth-order valence-corrected chi connectivity index (χ4v) is 4.90. The molecule has 0 bridgehead atoms. The van der Waals surface area contributed by atoms with Crippen LogP contribution in [-0.4, -0.2) is 18.6 Å². The lowest BCUT2D eigenvalue weighted by Crippen LogP contribution is -2.35. The summed E-state index contributed by atoms with van der Waals surface area (Å²) >= 11 is 0. The predicted molar refractivity (Wildman–Crippen MR) is 146 cm³/mol. The molecule has 34 heavy (non-hydrogen) atoms. The Morgan fingerprint density at radius 1 is 0.912 bits per heavy atom. The smallest absolute Gasteiger partial charge is 0.311 e. The first-order valence-corrected chi connectivity index (χ1v) is 14.4. The van der Waals surface area contributed by atoms with Crippen molar-refractivity contribution in [1.29, 1.82) is 0 Å². The average Bonchev–Trinajstić information content (AvgIpc) is 2.85. The standard InChI is InChI=1S/C31H51NO2/c1-3-5-6-7-8-9-10-11-12-13-14-15-16-17-18-22-31(33)34-30-21-19-20-27-26-28(32-25-4-2)23-24-29(27)30/h11-12,19-21,28,32H,3-10,13-18,22-26H2,1-2H3/b12-11+. The maximum Gasteiger partial charge on any atom is 0.311 e. The Labute approximate surface area is 210 Å². The summed E-state index contributed by atoms with van der Waals surface area (Å²) in [5, 5.41) is 3.63. The highest BCUT2D eigenvalue weighted by molar-refractivity contribution is 5.73. The molecule has 3 heteroatoms. The van der Waals surface area contributed by atoms with Crippen LogP contribution in [0.5, 0.6) is 5.75 Å². The molecule has 1 aliphatic carbocycles. The molecule has 1 N–H and O–H groups in total. The monoisotopic (exact) mass is 469 g/mol. The van der Waals surface area contributed by atoms with Crippen molar-refractivity contribution in [1.82, 2.24) is 5.32 Å². The van der Waals surface area contributed by atoms with E-state index in [-0.39, 0.29) is 5.97 Å². The molecule has 0 saturated carbocycles. The van der Waals surface area contributed by atoms with E-state index in [4.69, 9.17) is 4.74 Å². The van der Waals surface area contributed by atoms with Gasteiger partial charge in [-0.2, -0.15) is 0 Å². The highest BCUT2D eigenvalue weighted by Crippen LogP contribution is 2.30. The number of carbonyl (C=O) groups excluding carboxylic acids is 1. The predicted octanol–water partition coefficient (Wildman–Crippen LogP) is 8.49. The van der Waals surface area contributed by atoms with E-state index in [2.05, 4.69) is 37.4 Å². The summed E-state index contributed by atoms with van der Waals surface area (Å²) in [6.07, 6.45) is 26.1. The van der Waals surface area contributed by atoms with E-state index in [0.29, 0.717) is 12.5 Å². The van der Waals surface area contributed by atoms with Gasteiger partial charge in [-0.15, -0.1) is 0 Å². The van der Waals surface area contributed by atoms with Crippen molar-refractivity contribution in [2.45, 2.75) is 135 Å². The van der Waals surface area contributed by atoms with Gasteiger partial charge in [0.1, 0.15) is 5.75 Å². The first-order valence-electron chi connectivity index (χ1n) is 14.4. The summed E-state index contributed by atoms with van der Waals surface area (Å²) in [5.41, 5.74) is 2.58. The molecule has 192 valence electrons. The third kappa shape index (κ3) is 12.2. The molecule has 0 heterocycles. The van der Waals surface area contributed by atoms with Crippen LogP contribution in [0.15, 0.2) is 30.4 Å². The first kappa shape index (κ1) is 28.6. The van der Waals surface area contributed by atoms with Crippen molar-refractivity contribution in [2.24, 2.45) is 0 Å². The molecular formula is C31H51NO2. The van der Waals surface area contributed by atoms with E-state index in [9.17, 15) is 4.79 Å². The van der Waals surface area contributed by atoms with E-state index >= 15 is 0 Å². The van der Waals surface area contributed by atoms with Gasteiger partial charge < -0.3 is 10.1 Å². The number of benzene rings is 1. The van der Waals surface area contributed by atoms with Gasteiger partial charge in [0.15, 0.2) is 0 Å². The summed E-state index contributed by atoms with van der Waals surface area (Å²) in [4.78, 5) is 12.4. The number of rotatable bonds is 19. The molecule has 2 rings (SSSR count). The summed E-state index contributed by atoms with van der Waals surface area (Å²) in [5.74, 6) is 0.724. The lowest BCUT2D eigenvalue weighted by atomic mass is 9.87. The van der Waals surface area contributed by atoms with E-state index in [0.717, 1.165) is 50.8 Å². The van der Waals surface area contributed by atoms with Gasteiger partial charge in [0.25, 0.3) is 0 Å². The minimum atomic E-state index is -0.0720. The second-order valence-corrected chi connectivity index (χ2v) is 10.1. The summed E-state index contributed by atoms with van der Waals surface area (Å²) < 4.78 is 5.78. The molecule has 1 unspecified atom stereocenters. The fraction of sp³-hybridized carbons (Fsp3) is 0.710. The molecule has 1 atom stereocenters. The minimum absolute atomic E-state index is 0.0720. The van der Waals surface area contributed by atoms with Gasteiger partial charge in [0.05, 0.1) is 0 Å². The van der Waals surface area contributed by atoms with Crippen molar-refractivity contribution in [3.63, 3.8) is 0 Å². The highest BCUT2D eigenvalue weighted by atomic mass is 16.5. The molecular weight excluding hydrogens is 418 g/mol. The Balaban J connectivity index is 1.50. The molecule has 0 fully saturated rings. The lowest BCUT2D eigenvalue weighted by molar-refractivity contribution is -0.134. The van der Waals surface area contributed by atoms with Crippen LogP contribution in [0.1, 0.15) is 128 Å². The number of unbranched alkanes of at least 4 members (excludes halogenated alkanes) is 11. The molecule has 1 aromatic rings. The largest absolute Gasteiger partial charge is 0.426 e. The third-order valence-corrected chi connectivity index (χ3v) is 6.99. The van der Waals surface area contributed by atoms with Gasteiger partial charge in [0.2, 0.25) is 0 Å². The average molecular weight is 470 g/mol. The van der Waals surface area contributed by atoms with E-state index < -0.39 is 0 Å². The molecule has 1 aromatic carbocycles. The normalized spacial score (nSPS) is 15.5. The van der Waals surface area contributed by atoms with Crippen LogP contribution < -0.4 is 10.1 Å². The second kappa shape index (κ2) is 18.7. The molecule has 3 nitrogen and oxygen atoms in total. The number of hydrogen-bond acceptors (Lipinski definition) is 3. The quantitative estimate of drug-likeness (QED) is 0.0955. The van der Waals surface area contributed by atoms with Crippen LogP contribution in [0.25, 0.3) is 0 Å². The van der Waals surface area contributed by atoms with Gasteiger partial charge in [-0.1, -0.05) is 89.5 Å². The Morgan fingerprint density at radius 3 is 2.29 bits per heavy atom. The third-order valence-electron chi connectivity index (χ3n) is 6.99. The van der Waals surface area contributed by atoms with Crippen LogP contribution in [-0.2, 0) is 17.6 Å². The van der Waals surface area contributed by atoms with Crippen LogP contribution in [0.3, 0.4) is 0 Å². The number of ether oxygens (including phenoxy) is 1. The number of fused-ring (bicyclic) bond motifs is 1. The van der Waals surface area contributed by atoms with Gasteiger partial charge >= 0.3 is 5.97 Å². The van der Waals surface area contributed by atoms with E-state index in [1.54, 1.807) is 0 Å². The maximum atomic E-state index is 12.4. The molecule has 1 aliphatic rings. The zero-order valence-corrected chi connectivity index (χ0v) is 22.2. The molecule has 0 spiro atoms. The molecule has 0 radical (unpaired) electrons. The Hall–Kier alpha value is -1.61. The Bertz CT molecular complexity index is 697. The highest BCUT2D eigenvalue weighted by Gasteiger charge is 2.21. The van der Waals surface area contributed by atoms with Crippen LogP contribution in [0.4, 0.5) is 0 Å². The topological polar surface area (TPSA) is 38.3 Å². The first-order chi connectivity index (χ1) is 16.7. The van der Waals surface area contributed by atoms with Crippen molar-refractivity contribution in [3.8, 4) is 5.75 Å². The molecule has 0 saturated heterocycles. The van der Waals surface area contributed by atoms with Crippen molar-refractivity contribution in [2.75, 3.05) is 6.54 Å². The zero-order valence-electron chi connectivity index (χ0n) is 22.2. The summed E-state index contributed by atoms with van der Waals surface area (Å²) in [6, 6.07) is 6.74. The second-order valence-electron chi connectivity index (χ2n) is 10.1. The van der Waals surface area contributed by atoms with Gasteiger partial charge in [-0.25, -0.2) is 0 Å². The van der Waals surface area contributed by atoms with E-state index in [1.807, 2.05) is 12.1 Å². The zero-order chi connectivity index (χ0) is 24.3. The Morgan fingerprint density at radius 2 is 1.59 bits per heavy atom. The number of carbonyl (C=O) groups is 1. The molecule has 0 amide bonds. The lowest BCUT2D eigenvalue weighted by Gasteiger charge is -2.26. The minimum Gasteiger partial charge on any atom is -0.426 e. The van der Waals surface area contributed by atoms with Crippen LogP contribution in [0, 0.1) is 0 Å². The van der Waals surface area contributed by atoms with Crippen molar-refractivity contribution < 1.29 is 9.53 Å². The Kier molecular flexibility index (Phi) is 15.7. The van der Waals surface area contributed by atoms with Gasteiger partial charge in [0, 0.05) is 12.5 Å². The number of hydrogen-bond donors (Lipinski definition) is 1. The SMILES string of the molecule is CCCCCCCC/C=C/CCCCCCCC(=O)Oc1cccc2c1CCC(NCCC)C2. The maximum absolute atomic E-state index is 12.4. The van der Waals surface area contributed by atoms with Crippen LogP contribution >= 0.6 is 0 Å². The summed E-state index contributed by atoms with van der Waals surface area (Å²) in [6.45, 7) is 5.55. The molecule has 0 aromatic heterocycles. The van der Waals surface area contributed by atoms with Crippen molar-refractivity contribution >= 4 is 5.97 Å². The number of nitrogens with one attached hydrogen (secondary N) is 1. The van der Waals surface area contributed by atoms with Crippen molar-refractivity contribution in [3.05, 3.63) is 41.5 Å². The fourth-order valence-electron chi connectivity index (χ4n) is 4.90. The van der Waals surface area contributed by atoms with E-state index in [1.165, 1.54) is 81.8 Å². The van der Waals surface area contributed by atoms with Gasteiger partial charge in [-0.3, -0.25) is 4.79 Å². The van der Waals surface area contributed by atoms with Gasteiger partial charge in [-0.05, 0) is 81.5 Å². The number of allylic oxidation sites excluding steroid dienone is 2. The number of esters is 1.